The van der Waals surface area contributed by atoms with E-state index in [9.17, 15) is 9.18 Å². The zero-order valence-electron chi connectivity index (χ0n) is 20.4. The highest BCUT2D eigenvalue weighted by Gasteiger charge is 2.35. The van der Waals surface area contributed by atoms with E-state index >= 15 is 0 Å². The van der Waals surface area contributed by atoms with Crippen molar-refractivity contribution in [3.05, 3.63) is 62.5 Å². The van der Waals surface area contributed by atoms with Crippen LogP contribution in [0, 0.1) is 5.82 Å². The lowest BCUT2D eigenvalue weighted by Gasteiger charge is -2.35. The minimum atomic E-state index is -0.803. The van der Waals surface area contributed by atoms with E-state index in [0.29, 0.717) is 60.3 Å². The summed E-state index contributed by atoms with van der Waals surface area (Å²) in [6, 6.07) is 3.25. The van der Waals surface area contributed by atoms with Gasteiger partial charge in [0, 0.05) is 53.9 Å². The number of aliphatic imine (C=N–C) groups is 2. The van der Waals surface area contributed by atoms with E-state index in [1.165, 1.54) is 30.6 Å². The Hall–Kier alpha value is -2.55. The van der Waals surface area contributed by atoms with Crippen LogP contribution in [0.5, 0.6) is 0 Å². The number of hydroxylamine groups is 1. The summed E-state index contributed by atoms with van der Waals surface area (Å²) in [4.78, 5) is 33.9. The first-order chi connectivity index (χ1) is 18.4. The monoisotopic (exact) mass is 580 g/mol. The van der Waals surface area contributed by atoms with Crippen LogP contribution in [0.2, 0.25) is 5.02 Å². The summed E-state index contributed by atoms with van der Waals surface area (Å²) in [5, 5.41) is 5.99. The molecule has 1 saturated heterocycles. The van der Waals surface area contributed by atoms with E-state index in [1.54, 1.807) is 12.3 Å². The van der Waals surface area contributed by atoms with Gasteiger partial charge in [-0.05, 0) is 18.6 Å². The fraction of sp³-hybridized carbons (Fsp3) is 0.417. The van der Waals surface area contributed by atoms with E-state index in [-0.39, 0.29) is 11.1 Å². The summed E-state index contributed by atoms with van der Waals surface area (Å²) in [5.74, 6) is 0.217. The molecule has 2 N–H and O–H groups in total. The van der Waals surface area contributed by atoms with Crippen molar-refractivity contribution in [1.29, 1.82) is 0 Å². The number of ether oxygens (including phenoxy) is 2. The van der Waals surface area contributed by atoms with Gasteiger partial charge >= 0.3 is 5.97 Å². The summed E-state index contributed by atoms with van der Waals surface area (Å²) in [5.41, 5.74) is 3.71. The molecule has 1 fully saturated rings. The number of thiol groups is 1. The number of halogens is 2. The van der Waals surface area contributed by atoms with E-state index in [0.717, 1.165) is 12.3 Å². The second-order valence-electron chi connectivity index (χ2n) is 8.78. The van der Waals surface area contributed by atoms with Crippen LogP contribution in [0.3, 0.4) is 0 Å². The van der Waals surface area contributed by atoms with Crippen molar-refractivity contribution in [3.8, 4) is 0 Å². The minimum absolute atomic E-state index is 0.0348. The molecule has 10 nitrogen and oxygen atoms in total. The second kappa shape index (κ2) is 12.1. The molecule has 0 aliphatic carbocycles. The molecule has 5 rings (SSSR count). The van der Waals surface area contributed by atoms with Crippen molar-refractivity contribution in [2.75, 3.05) is 33.4 Å². The predicted molar refractivity (Wildman–Crippen MR) is 145 cm³/mol. The number of aromatic nitrogens is 1. The van der Waals surface area contributed by atoms with Crippen molar-refractivity contribution in [3.63, 3.8) is 0 Å². The molecule has 2 aromatic rings. The first kappa shape index (κ1) is 27.0. The Morgan fingerprint density at radius 1 is 1.39 bits per heavy atom. The van der Waals surface area contributed by atoms with Crippen LogP contribution in [-0.4, -0.2) is 72.5 Å². The minimum Gasteiger partial charge on any atom is -0.466 e. The summed E-state index contributed by atoms with van der Waals surface area (Å²) in [6.45, 7) is 2.26. The van der Waals surface area contributed by atoms with Gasteiger partial charge in [-0.25, -0.2) is 29.5 Å². The zero-order chi connectivity index (χ0) is 26.6. The van der Waals surface area contributed by atoms with Crippen LogP contribution in [0.4, 0.5) is 4.39 Å². The SMILES string of the molecule is COC(=O)C1=C(CN2CCO[C@H](CCC3=N[C@@H](S)ON3)C2)NC(c2nccs2)=N[C@H]1c1ccc(F)cc1Cl. The van der Waals surface area contributed by atoms with Crippen molar-refractivity contribution in [2.45, 2.75) is 30.5 Å². The number of methoxy groups -OCH3 is 1. The molecule has 4 heterocycles. The molecule has 3 atom stereocenters. The van der Waals surface area contributed by atoms with Gasteiger partial charge in [0.1, 0.15) is 17.7 Å². The molecule has 0 saturated carbocycles. The molecule has 0 radical (unpaired) electrons. The van der Waals surface area contributed by atoms with Crippen LogP contribution >= 0.6 is 35.6 Å². The van der Waals surface area contributed by atoms with Gasteiger partial charge in [0.25, 0.3) is 0 Å². The Bertz CT molecular complexity index is 1270. The van der Waals surface area contributed by atoms with E-state index in [2.05, 4.69) is 38.3 Å². The van der Waals surface area contributed by atoms with Crippen LogP contribution in [0.15, 0.2) is 51.0 Å². The number of nitrogens with one attached hydrogen (secondary N) is 2. The van der Waals surface area contributed by atoms with Crippen molar-refractivity contribution >= 4 is 53.2 Å². The number of morpholine rings is 1. The smallest absolute Gasteiger partial charge is 0.338 e. The highest BCUT2D eigenvalue weighted by molar-refractivity contribution is 7.80. The molecule has 202 valence electrons. The van der Waals surface area contributed by atoms with Crippen LogP contribution in [0.25, 0.3) is 0 Å². The predicted octanol–water partition coefficient (Wildman–Crippen LogP) is 3.08. The maximum atomic E-state index is 13.9. The molecule has 0 spiro atoms. The largest absolute Gasteiger partial charge is 0.466 e. The quantitative estimate of drug-likeness (QED) is 0.323. The average molecular weight is 581 g/mol. The fourth-order valence-corrected chi connectivity index (χ4v) is 5.56. The van der Waals surface area contributed by atoms with Crippen molar-refractivity contribution in [2.24, 2.45) is 9.98 Å². The Kier molecular flexibility index (Phi) is 8.61. The number of carbonyl (C=O) groups is 1. The summed E-state index contributed by atoms with van der Waals surface area (Å²) in [7, 11) is 1.32. The lowest BCUT2D eigenvalue weighted by molar-refractivity contribution is -0.136. The molecule has 0 amide bonds. The first-order valence-electron chi connectivity index (χ1n) is 11.9. The van der Waals surface area contributed by atoms with Gasteiger partial charge < -0.3 is 14.8 Å². The number of amidine groups is 2. The Balaban J connectivity index is 1.42. The van der Waals surface area contributed by atoms with E-state index in [1.807, 2.05) is 5.38 Å². The number of esters is 1. The normalized spacial score (nSPS) is 23.9. The summed E-state index contributed by atoms with van der Waals surface area (Å²) >= 11 is 12.0. The number of carbonyl (C=O) groups excluding carboxylic acids is 1. The third kappa shape index (κ3) is 6.19. The number of hydrogen-bond acceptors (Lipinski definition) is 12. The maximum absolute atomic E-state index is 13.9. The topological polar surface area (TPSA) is 110 Å². The molecule has 1 aromatic carbocycles. The molecular formula is C24H26ClFN6O4S2. The van der Waals surface area contributed by atoms with Crippen LogP contribution in [0.1, 0.15) is 29.5 Å². The molecule has 38 heavy (non-hydrogen) atoms. The van der Waals surface area contributed by atoms with Gasteiger partial charge in [-0.1, -0.05) is 17.7 Å². The van der Waals surface area contributed by atoms with Gasteiger partial charge in [0.15, 0.2) is 10.8 Å². The standard InChI is InChI=1S/C24H26ClFN6O4S2/c1-34-23(33)19-17(12-32-7-8-35-14(11-32)3-5-18-29-24(37)36-31-18)28-21(22-27-6-9-38-22)30-20(19)15-4-2-13(26)10-16(15)25/h2,4,6,9-10,14,20,24,37H,3,5,7-8,11-12H2,1H3,(H,28,30)(H,29,31)/t14-,20+,24-/m1/s1. The van der Waals surface area contributed by atoms with Crippen LogP contribution in [-0.2, 0) is 19.1 Å². The fourth-order valence-electron chi connectivity index (χ4n) is 4.51. The number of benzene rings is 1. The highest BCUT2D eigenvalue weighted by Crippen LogP contribution is 2.37. The Morgan fingerprint density at radius 2 is 2.26 bits per heavy atom. The van der Waals surface area contributed by atoms with Crippen LogP contribution < -0.4 is 10.8 Å². The molecular weight excluding hydrogens is 555 g/mol. The molecule has 14 heteroatoms. The van der Waals surface area contributed by atoms with Gasteiger partial charge in [-0.2, -0.15) is 0 Å². The zero-order valence-corrected chi connectivity index (χ0v) is 22.9. The van der Waals surface area contributed by atoms with Crippen molar-refractivity contribution < 1.29 is 23.5 Å². The van der Waals surface area contributed by atoms with Crippen molar-refractivity contribution in [1.82, 2.24) is 20.7 Å². The Morgan fingerprint density at radius 3 is 2.97 bits per heavy atom. The molecule has 3 aliphatic heterocycles. The molecule has 3 aliphatic rings. The number of nitrogens with zero attached hydrogens (tertiary/aromatic N) is 4. The van der Waals surface area contributed by atoms with Gasteiger partial charge in [-0.15, -0.1) is 24.0 Å². The Labute approximate surface area is 233 Å². The summed E-state index contributed by atoms with van der Waals surface area (Å²) in [6.07, 6.45) is 3.05. The summed E-state index contributed by atoms with van der Waals surface area (Å²) < 4.78 is 25.0. The number of rotatable bonds is 8. The molecule has 0 bridgehead atoms. The first-order valence-corrected chi connectivity index (χ1v) is 13.7. The number of thiazole rings is 1. The highest BCUT2D eigenvalue weighted by atomic mass is 35.5. The maximum Gasteiger partial charge on any atom is 0.338 e. The molecule has 1 aromatic heterocycles. The van der Waals surface area contributed by atoms with Gasteiger partial charge in [0.2, 0.25) is 5.56 Å². The lowest BCUT2D eigenvalue weighted by Crippen LogP contribution is -2.46. The lowest BCUT2D eigenvalue weighted by atomic mass is 9.95. The molecule has 0 unspecified atom stereocenters. The third-order valence-corrected chi connectivity index (χ3v) is 7.61. The van der Waals surface area contributed by atoms with Gasteiger partial charge in [0.05, 0.1) is 25.4 Å². The van der Waals surface area contributed by atoms with E-state index in [4.69, 9.17) is 30.9 Å². The average Bonchev–Trinajstić information content (AvgIpc) is 3.59. The van der Waals surface area contributed by atoms with E-state index < -0.39 is 23.4 Å². The van der Waals surface area contributed by atoms with Gasteiger partial charge in [-0.3, -0.25) is 9.89 Å². The second-order valence-corrected chi connectivity index (χ2v) is 10.5. The third-order valence-electron chi connectivity index (χ3n) is 6.28. The number of hydrogen-bond donors (Lipinski definition) is 3.